The lowest BCUT2D eigenvalue weighted by Gasteiger charge is -2.62. The first kappa shape index (κ1) is 47.0. The SMILES string of the molecule is COc1cc2c(cc1OC(=O)OC(C)(C)C)CCN[C@]21CS[C@@H]2c3c(OC(C)=O)c(C)c4c(c3[C@H](COC1=O)N1C2[C@H]2c3c(cc(C)c(OC)c3O)C[C@@H]([C@@H]1C#N)N2C(=O)OC(C)(C)C)OCO4. The van der Waals surface area contributed by atoms with Gasteiger partial charge in [0.2, 0.25) is 6.79 Å². The third-order valence-corrected chi connectivity index (χ3v) is 14.8. The lowest BCUT2D eigenvalue weighted by molar-refractivity contribution is -0.157. The summed E-state index contributed by atoms with van der Waals surface area (Å²) in [6, 6.07) is 3.02. The van der Waals surface area contributed by atoms with Crippen LogP contribution >= 0.6 is 11.8 Å². The van der Waals surface area contributed by atoms with Gasteiger partial charge in [0.15, 0.2) is 40.0 Å². The quantitative estimate of drug-likeness (QED) is 0.118. The van der Waals surface area contributed by atoms with Gasteiger partial charge in [0.05, 0.1) is 49.7 Å². The molecule has 68 heavy (non-hydrogen) atoms. The van der Waals surface area contributed by atoms with Crippen molar-refractivity contribution in [3.8, 4) is 46.3 Å². The number of esters is 2. The Bertz CT molecular complexity index is 2690. The number of nitrogens with one attached hydrogen (secondary N) is 1. The van der Waals surface area contributed by atoms with Crippen molar-refractivity contribution in [1.82, 2.24) is 15.1 Å². The van der Waals surface area contributed by atoms with Crippen molar-refractivity contribution < 1.29 is 66.9 Å². The van der Waals surface area contributed by atoms with E-state index in [1.807, 2.05) is 17.9 Å². The second kappa shape index (κ2) is 16.8. The molecule has 10 rings (SSSR count). The number of carbonyl (C=O) groups is 4. The molecule has 1 amide bonds. The second-order valence-corrected chi connectivity index (χ2v) is 21.0. The Morgan fingerprint density at radius 2 is 1.63 bits per heavy atom. The molecule has 19 heteroatoms. The number of amides is 1. The average molecular weight is 957 g/mol. The van der Waals surface area contributed by atoms with Crippen LogP contribution in [0.4, 0.5) is 9.59 Å². The number of fused-ring (bicyclic) bond motifs is 9. The first-order chi connectivity index (χ1) is 32.1. The largest absolute Gasteiger partial charge is 0.514 e. The number of phenolic OH excluding ortho intramolecular Hbond substituents is 1. The number of rotatable bonds is 4. The van der Waals surface area contributed by atoms with E-state index in [-0.39, 0.29) is 54.3 Å². The highest BCUT2D eigenvalue weighted by Gasteiger charge is 2.64. The standard InChI is InChI=1S/C49H56N4O14S/c1-22-14-26-15-28-29(18-50)52-30-19-61-44(56)49(27-17-31(59-10)32(16-25(27)12-13-51-49)65-46(58)67-48(7,8)9)20-68-43(35-34(30)42-41(62-21-63-42)23(2)40(35)64-24(3)54)37(52)36(33(26)38(55)39(22)60-11)53(28)45(57)66-47(4,5)6/h14,16-17,28-30,36-37,43,51,55H,12-13,15,19-21H2,1-11H3/t28-,29-,30-,36+,37?,43+,49+/m0/s1. The van der Waals surface area contributed by atoms with Crippen LogP contribution < -0.4 is 33.7 Å². The number of nitriles is 1. The zero-order valence-corrected chi connectivity index (χ0v) is 40.8. The van der Waals surface area contributed by atoms with Gasteiger partial charge < -0.3 is 47.7 Å². The Morgan fingerprint density at radius 3 is 2.29 bits per heavy atom. The van der Waals surface area contributed by atoms with E-state index in [1.165, 1.54) is 32.9 Å². The van der Waals surface area contributed by atoms with Crippen LogP contribution in [-0.2, 0) is 42.2 Å². The zero-order valence-electron chi connectivity index (χ0n) is 39.9. The number of thioether (sulfide) groups is 1. The molecule has 7 aliphatic rings. The number of benzene rings is 3. The summed E-state index contributed by atoms with van der Waals surface area (Å²) >= 11 is 1.33. The molecule has 2 fully saturated rings. The summed E-state index contributed by atoms with van der Waals surface area (Å²) < 4.78 is 53.9. The summed E-state index contributed by atoms with van der Waals surface area (Å²) in [4.78, 5) is 59.8. The number of methoxy groups -OCH3 is 2. The Balaban J connectivity index is 1.30. The third kappa shape index (κ3) is 7.55. The van der Waals surface area contributed by atoms with Crippen molar-refractivity contribution in [3.05, 3.63) is 62.7 Å². The smallest absolute Gasteiger partial charge is 0.504 e. The Labute approximate surface area is 398 Å². The molecule has 2 N–H and O–H groups in total. The highest BCUT2D eigenvalue weighted by Crippen LogP contribution is 2.65. The van der Waals surface area contributed by atoms with E-state index in [1.54, 1.807) is 65.5 Å². The molecule has 3 aromatic carbocycles. The molecule has 7 atom stereocenters. The molecule has 3 aromatic rings. The highest BCUT2D eigenvalue weighted by atomic mass is 32.2. The molecule has 4 bridgehead atoms. The minimum atomic E-state index is -1.56. The van der Waals surface area contributed by atoms with Gasteiger partial charge in [-0.2, -0.15) is 5.26 Å². The number of ether oxygens (including phenoxy) is 9. The summed E-state index contributed by atoms with van der Waals surface area (Å²) in [7, 11) is 2.89. The Hall–Kier alpha value is -6.10. The molecule has 1 unspecified atom stereocenters. The number of phenols is 1. The monoisotopic (exact) mass is 956 g/mol. The normalized spacial score (nSPS) is 25.7. The van der Waals surface area contributed by atoms with Crippen molar-refractivity contribution in [2.45, 2.75) is 127 Å². The molecular weight excluding hydrogens is 901 g/mol. The van der Waals surface area contributed by atoms with Gasteiger partial charge >= 0.3 is 24.2 Å². The molecule has 7 aliphatic heterocycles. The first-order valence-corrected chi connectivity index (χ1v) is 23.6. The number of aromatic hydroxyl groups is 1. The van der Waals surface area contributed by atoms with Crippen molar-refractivity contribution in [1.29, 1.82) is 5.26 Å². The summed E-state index contributed by atoms with van der Waals surface area (Å²) in [6.07, 6.45) is -1.03. The lowest BCUT2D eigenvalue weighted by atomic mass is 9.71. The van der Waals surface area contributed by atoms with Gasteiger partial charge in [-0.1, -0.05) is 6.07 Å². The van der Waals surface area contributed by atoms with Crippen molar-refractivity contribution in [3.63, 3.8) is 0 Å². The Morgan fingerprint density at radius 1 is 0.912 bits per heavy atom. The molecule has 0 radical (unpaired) electrons. The molecule has 7 heterocycles. The van der Waals surface area contributed by atoms with Crippen LogP contribution in [0.2, 0.25) is 0 Å². The van der Waals surface area contributed by atoms with Crippen molar-refractivity contribution >= 4 is 35.9 Å². The number of aryl methyl sites for hydroxylation is 1. The topological polar surface area (TPSA) is 214 Å². The summed E-state index contributed by atoms with van der Waals surface area (Å²) in [5, 5.41) is 26.5. The predicted octanol–water partition coefficient (Wildman–Crippen LogP) is 6.90. The fourth-order valence-electron chi connectivity index (χ4n) is 10.9. The minimum Gasteiger partial charge on any atom is -0.504 e. The molecular formula is C49H56N4O14S. The number of nitrogens with zero attached hydrogens (tertiary/aromatic N) is 3. The van der Waals surface area contributed by atoms with Crippen LogP contribution in [0, 0.1) is 25.2 Å². The van der Waals surface area contributed by atoms with Crippen LogP contribution in [0.3, 0.4) is 0 Å². The summed E-state index contributed by atoms with van der Waals surface area (Å²) in [5.74, 6) is -0.0543. The van der Waals surface area contributed by atoms with Crippen LogP contribution in [0.15, 0.2) is 18.2 Å². The molecule has 2 saturated heterocycles. The van der Waals surface area contributed by atoms with Crippen molar-refractivity contribution in [2.24, 2.45) is 0 Å². The highest BCUT2D eigenvalue weighted by molar-refractivity contribution is 7.99. The molecule has 0 aliphatic carbocycles. The molecule has 362 valence electrons. The molecule has 1 spiro atoms. The second-order valence-electron chi connectivity index (χ2n) is 19.9. The van der Waals surface area contributed by atoms with Gasteiger partial charge in [-0.05, 0) is 103 Å². The Kier molecular flexibility index (Phi) is 11.6. The van der Waals surface area contributed by atoms with Gasteiger partial charge in [-0.25, -0.2) is 14.4 Å². The molecule has 0 aromatic heterocycles. The summed E-state index contributed by atoms with van der Waals surface area (Å²) in [6.45, 7) is 15.2. The van der Waals surface area contributed by atoms with E-state index >= 15 is 4.79 Å². The number of hydrogen-bond acceptors (Lipinski definition) is 18. The van der Waals surface area contributed by atoms with E-state index in [0.29, 0.717) is 63.4 Å². The fraction of sp³-hybridized carbons (Fsp3) is 0.531. The minimum absolute atomic E-state index is 0.0315. The van der Waals surface area contributed by atoms with Gasteiger partial charge in [0.1, 0.15) is 29.6 Å². The van der Waals surface area contributed by atoms with Crippen LogP contribution in [0.5, 0.6) is 40.2 Å². The van der Waals surface area contributed by atoms with Gasteiger partial charge in [0, 0.05) is 41.5 Å². The van der Waals surface area contributed by atoms with Gasteiger partial charge in [-0.15, -0.1) is 11.8 Å². The number of carbonyl (C=O) groups excluding carboxylic acids is 4. The van der Waals surface area contributed by atoms with Crippen LogP contribution in [-0.4, -0.2) is 108 Å². The fourth-order valence-corrected chi connectivity index (χ4v) is 12.6. The van der Waals surface area contributed by atoms with Crippen LogP contribution in [0.1, 0.15) is 110 Å². The van der Waals surface area contributed by atoms with E-state index in [2.05, 4.69) is 11.4 Å². The van der Waals surface area contributed by atoms with E-state index in [9.17, 15) is 24.8 Å². The average Bonchev–Trinajstić information content (AvgIpc) is 3.74. The molecule has 18 nitrogen and oxygen atoms in total. The first-order valence-electron chi connectivity index (χ1n) is 22.5. The third-order valence-electron chi connectivity index (χ3n) is 13.3. The van der Waals surface area contributed by atoms with Crippen molar-refractivity contribution in [2.75, 3.05) is 39.9 Å². The maximum Gasteiger partial charge on any atom is 0.514 e. The van der Waals surface area contributed by atoms with Gasteiger partial charge in [0.25, 0.3) is 0 Å². The lowest BCUT2D eigenvalue weighted by Crippen LogP contribution is -2.71. The predicted molar refractivity (Wildman–Crippen MR) is 243 cm³/mol. The number of piperazine rings is 1. The summed E-state index contributed by atoms with van der Waals surface area (Å²) in [5.41, 5.74) is 1.16. The maximum atomic E-state index is 15.2. The van der Waals surface area contributed by atoms with E-state index < -0.39 is 76.4 Å². The molecule has 0 saturated carbocycles. The maximum absolute atomic E-state index is 15.2. The van der Waals surface area contributed by atoms with Crippen LogP contribution in [0.25, 0.3) is 0 Å². The van der Waals surface area contributed by atoms with E-state index in [4.69, 9.17) is 42.6 Å². The number of hydrogen-bond donors (Lipinski definition) is 2. The van der Waals surface area contributed by atoms with Gasteiger partial charge in [-0.3, -0.25) is 19.9 Å². The zero-order chi connectivity index (χ0) is 48.9. The van der Waals surface area contributed by atoms with E-state index in [0.717, 1.165) is 5.56 Å².